The molecule has 0 radical (unpaired) electrons. The van der Waals surface area contributed by atoms with Gasteiger partial charge in [-0.25, -0.2) is 4.98 Å². The first-order valence-electron chi connectivity index (χ1n) is 11.1. The van der Waals surface area contributed by atoms with Crippen molar-refractivity contribution in [3.63, 3.8) is 0 Å². The topological polar surface area (TPSA) is 85.6 Å². The first kappa shape index (κ1) is 24.2. The molecule has 0 spiro atoms. The van der Waals surface area contributed by atoms with Crippen LogP contribution in [0.4, 0.5) is 5.69 Å². The number of carbonyl (C=O) groups excluding carboxylic acids is 1. The van der Waals surface area contributed by atoms with Gasteiger partial charge in [-0.15, -0.1) is 21.5 Å². The molecule has 0 aliphatic rings. The van der Waals surface area contributed by atoms with Gasteiger partial charge in [0.15, 0.2) is 11.0 Å². The van der Waals surface area contributed by atoms with Crippen LogP contribution in [-0.4, -0.2) is 30.6 Å². The highest BCUT2D eigenvalue weighted by atomic mass is 35.5. The van der Waals surface area contributed by atoms with Gasteiger partial charge in [-0.1, -0.05) is 35.5 Å². The summed E-state index contributed by atoms with van der Waals surface area (Å²) < 4.78 is 1.95. The molecule has 3 aromatic heterocycles. The molecule has 1 amide bonds. The van der Waals surface area contributed by atoms with Crippen LogP contribution in [0.25, 0.3) is 17.1 Å². The first-order chi connectivity index (χ1) is 17.5. The minimum Gasteiger partial charge on any atom is -0.321 e. The smallest absolute Gasteiger partial charge is 0.275 e. The van der Waals surface area contributed by atoms with Crippen molar-refractivity contribution < 1.29 is 4.79 Å². The third-order valence-corrected chi connectivity index (χ3v) is 7.70. The monoisotopic (exact) mass is 532 g/mol. The van der Waals surface area contributed by atoms with Gasteiger partial charge in [-0.05, 0) is 67.4 Å². The maximum Gasteiger partial charge on any atom is 0.275 e. The van der Waals surface area contributed by atoms with E-state index in [2.05, 4.69) is 25.5 Å². The molecule has 0 atom stereocenters. The molecule has 0 unspecified atom stereocenters. The van der Waals surface area contributed by atoms with Crippen molar-refractivity contribution in [1.29, 1.82) is 0 Å². The van der Waals surface area contributed by atoms with Crippen LogP contribution in [0.3, 0.4) is 0 Å². The third kappa shape index (κ3) is 5.33. The van der Waals surface area contributed by atoms with E-state index in [-0.39, 0.29) is 5.91 Å². The number of thioether (sulfide) groups is 1. The molecule has 3 heterocycles. The van der Waals surface area contributed by atoms with E-state index in [9.17, 15) is 4.79 Å². The number of pyridine rings is 1. The number of carbonyl (C=O) groups is 1. The van der Waals surface area contributed by atoms with Gasteiger partial charge in [-0.2, -0.15) is 0 Å². The Morgan fingerprint density at radius 3 is 2.75 bits per heavy atom. The average molecular weight is 533 g/mol. The number of hydrogen-bond acceptors (Lipinski definition) is 7. The number of nitrogens with zero attached hydrogens (tertiary/aromatic N) is 5. The summed E-state index contributed by atoms with van der Waals surface area (Å²) in [5.74, 6) is 0.972. The number of hydrogen-bond donors (Lipinski definition) is 1. The molecule has 10 heteroatoms. The number of anilines is 1. The molecule has 36 heavy (non-hydrogen) atoms. The molecular formula is C26H21ClN6OS2. The molecule has 5 rings (SSSR count). The normalized spacial score (nSPS) is 11.0. The Hall–Kier alpha value is -3.53. The van der Waals surface area contributed by atoms with E-state index < -0.39 is 0 Å². The van der Waals surface area contributed by atoms with E-state index >= 15 is 0 Å². The molecule has 5 aromatic rings. The Labute approximate surface area is 221 Å². The van der Waals surface area contributed by atoms with Crippen LogP contribution < -0.4 is 5.32 Å². The maximum absolute atomic E-state index is 12.7. The SMILES string of the molecule is Cc1ccc(NC(=O)c2csc(CSc3nnc(-c4cccnc4)n3-c3cccc(Cl)c3)n2)cc1C. The van der Waals surface area contributed by atoms with E-state index in [0.29, 0.717) is 27.5 Å². The van der Waals surface area contributed by atoms with Crippen molar-refractivity contribution in [3.05, 3.63) is 99.2 Å². The lowest BCUT2D eigenvalue weighted by Gasteiger charge is -2.10. The number of aryl methyl sites for hydroxylation is 2. The Bertz CT molecular complexity index is 1530. The Balaban J connectivity index is 1.35. The average Bonchev–Trinajstić information content (AvgIpc) is 3.53. The zero-order valence-electron chi connectivity index (χ0n) is 19.5. The van der Waals surface area contributed by atoms with Gasteiger partial charge < -0.3 is 5.32 Å². The molecule has 180 valence electrons. The van der Waals surface area contributed by atoms with Crippen LogP contribution in [0.1, 0.15) is 26.6 Å². The molecule has 0 bridgehead atoms. The van der Waals surface area contributed by atoms with Crippen molar-refractivity contribution in [2.75, 3.05) is 5.32 Å². The number of rotatable bonds is 7. The number of aromatic nitrogens is 5. The molecule has 0 saturated carbocycles. The summed E-state index contributed by atoms with van der Waals surface area (Å²) >= 11 is 9.20. The fourth-order valence-corrected chi connectivity index (χ4v) is 5.44. The van der Waals surface area contributed by atoms with Crippen molar-refractivity contribution in [1.82, 2.24) is 24.7 Å². The highest BCUT2D eigenvalue weighted by Gasteiger charge is 2.18. The van der Waals surface area contributed by atoms with Crippen molar-refractivity contribution in [2.24, 2.45) is 0 Å². The molecule has 2 aromatic carbocycles. The number of thiazole rings is 1. The molecule has 1 N–H and O–H groups in total. The molecule has 0 saturated heterocycles. The predicted molar refractivity (Wildman–Crippen MR) is 145 cm³/mol. The van der Waals surface area contributed by atoms with Gasteiger partial charge in [0.05, 0.1) is 11.4 Å². The summed E-state index contributed by atoms with van der Waals surface area (Å²) in [5.41, 5.74) is 5.14. The van der Waals surface area contributed by atoms with Crippen LogP contribution in [0.2, 0.25) is 5.02 Å². The highest BCUT2D eigenvalue weighted by molar-refractivity contribution is 7.98. The minimum atomic E-state index is -0.230. The van der Waals surface area contributed by atoms with Gasteiger partial charge in [0.25, 0.3) is 5.91 Å². The van der Waals surface area contributed by atoms with E-state index in [4.69, 9.17) is 11.6 Å². The Morgan fingerprint density at radius 2 is 1.97 bits per heavy atom. The molecule has 0 aliphatic carbocycles. The van der Waals surface area contributed by atoms with Gasteiger partial charge in [0.1, 0.15) is 10.7 Å². The van der Waals surface area contributed by atoms with Crippen molar-refractivity contribution in [3.8, 4) is 17.1 Å². The lowest BCUT2D eigenvalue weighted by Crippen LogP contribution is -2.12. The van der Waals surface area contributed by atoms with E-state index in [1.165, 1.54) is 28.7 Å². The quantitative estimate of drug-likeness (QED) is 0.238. The fourth-order valence-electron chi connectivity index (χ4n) is 3.52. The standard InChI is InChI=1S/C26H21ClN6OS2/c1-16-8-9-20(11-17(16)2)29-25(34)22-14-35-23(30-22)15-36-26-32-31-24(18-5-4-10-28-13-18)33(26)21-7-3-6-19(27)12-21/h3-14H,15H2,1-2H3,(H,29,34). The summed E-state index contributed by atoms with van der Waals surface area (Å²) in [7, 11) is 0. The summed E-state index contributed by atoms with van der Waals surface area (Å²) in [6.45, 7) is 4.06. The fraction of sp³-hybridized carbons (Fsp3) is 0.115. The second-order valence-corrected chi connectivity index (χ2v) is 10.4. The Kier molecular flexibility index (Phi) is 7.13. The lowest BCUT2D eigenvalue weighted by molar-refractivity contribution is 0.102. The summed E-state index contributed by atoms with van der Waals surface area (Å²) in [6, 6.07) is 17.2. The number of nitrogens with one attached hydrogen (secondary N) is 1. The van der Waals surface area contributed by atoms with Crippen molar-refractivity contribution in [2.45, 2.75) is 24.8 Å². The Morgan fingerprint density at radius 1 is 1.08 bits per heavy atom. The van der Waals surface area contributed by atoms with E-state index in [1.807, 2.05) is 73.0 Å². The largest absolute Gasteiger partial charge is 0.321 e. The van der Waals surface area contributed by atoms with Crippen LogP contribution in [0, 0.1) is 13.8 Å². The van der Waals surface area contributed by atoms with Crippen LogP contribution >= 0.6 is 34.7 Å². The summed E-state index contributed by atoms with van der Waals surface area (Å²) in [4.78, 5) is 21.5. The zero-order valence-corrected chi connectivity index (χ0v) is 21.9. The second kappa shape index (κ2) is 10.6. The third-order valence-electron chi connectivity index (χ3n) is 5.49. The molecular weight excluding hydrogens is 512 g/mol. The molecule has 0 aliphatic heterocycles. The molecule has 7 nitrogen and oxygen atoms in total. The van der Waals surface area contributed by atoms with E-state index in [1.54, 1.807) is 17.8 Å². The van der Waals surface area contributed by atoms with Gasteiger partial charge in [0, 0.05) is 34.0 Å². The number of halogens is 1. The van der Waals surface area contributed by atoms with Crippen LogP contribution in [0.5, 0.6) is 0 Å². The zero-order chi connectivity index (χ0) is 25.1. The maximum atomic E-state index is 12.7. The second-order valence-electron chi connectivity index (χ2n) is 8.03. The first-order valence-corrected chi connectivity index (χ1v) is 13.3. The lowest BCUT2D eigenvalue weighted by atomic mass is 10.1. The molecule has 0 fully saturated rings. The highest BCUT2D eigenvalue weighted by Crippen LogP contribution is 2.31. The minimum absolute atomic E-state index is 0.230. The summed E-state index contributed by atoms with van der Waals surface area (Å²) in [6.07, 6.45) is 3.47. The van der Waals surface area contributed by atoms with Gasteiger partial charge >= 0.3 is 0 Å². The summed E-state index contributed by atoms with van der Waals surface area (Å²) in [5, 5.41) is 15.7. The van der Waals surface area contributed by atoms with Crippen LogP contribution in [0.15, 0.2) is 77.5 Å². The van der Waals surface area contributed by atoms with Crippen LogP contribution in [-0.2, 0) is 5.75 Å². The number of benzene rings is 2. The van der Waals surface area contributed by atoms with E-state index in [0.717, 1.165) is 27.5 Å². The van der Waals surface area contributed by atoms with Gasteiger partial charge in [-0.3, -0.25) is 14.3 Å². The van der Waals surface area contributed by atoms with Gasteiger partial charge in [0.2, 0.25) is 0 Å². The van der Waals surface area contributed by atoms with Crippen molar-refractivity contribution >= 4 is 46.3 Å². The number of amides is 1. The predicted octanol–water partition coefficient (Wildman–Crippen LogP) is 6.60.